The average Bonchev–Trinajstić information content (AvgIpc) is 2.54. The average molecular weight is 343 g/mol. The molecule has 8 nitrogen and oxygen atoms in total. The number of aromatic nitrogens is 1. The molecule has 0 aromatic carbocycles. The molecule has 2 rings (SSSR count). The first-order chi connectivity index (χ1) is 10.9. The SMILES string of the molecule is C/C(=C\OP1(=O)OCCCO1)OC(C)[n+]1cccc(C(N)=O)c1. The number of carbonyl (C=O) groups is 1. The zero-order valence-corrected chi connectivity index (χ0v) is 13.9. The Labute approximate surface area is 134 Å². The number of pyridine rings is 1. The van der Waals surface area contributed by atoms with E-state index in [0.717, 1.165) is 0 Å². The minimum atomic E-state index is -3.53. The monoisotopic (exact) mass is 343 g/mol. The molecule has 1 aromatic rings. The van der Waals surface area contributed by atoms with Gasteiger partial charge in [-0.3, -0.25) is 13.8 Å². The van der Waals surface area contributed by atoms with Gasteiger partial charge in [0.1, 0.15) is 17.6 Å². The van der Waals surface area contributed by atoms with Crippen LogP contribution in [0.4, 0.5) is 0 Å². The molecule has 1 amide bonds. The predicted octanol–water partition coefficient (Wildman–Crippen LogP) is 2.03. The zero-order valence-electron chi connectivity index (χ0n) is 13.0. The van der Waals surface area contributed by atoms with Crippen LogP contribution in [-0.4, -0.2) is 19.1 Å². The van der Waals surface area contributed by atoms with Crippen molar-refractivity contribution in [3.8, 4) is 0 Å². The Morgan fingerprint density at radius 2 is 2.17 bits per heavy atom. The van der Waals surface area contributed by atoms with E-state index >= 15 is 0 Å². The van der Waals surface area contributed by atoms with E-state index < -0.39 is 20.0 Å². The lowest BCUT2D eigenvalue weighted by molar-refractivity contribution is -0.755. The maximum Gasteiger partial charge on any atom is 0.529 e. The number of phosphoric ester groups is 1. The lowest BCUT2D eigenvalue weighted by atomic mass is 10.3. The van der Waals surface area contributed by atoms with Crippen LogP contribution in [0.25, 0.3) is 0 Å². The van der Waals surface area contributed by atoms with Crippen molar-refractivity contribution >= 4 is 13.7 Å². The summed E-state index contributed by atoms with van der Waals surface area (Å²) in [5.74, 6) is -0.144. The molecule has 23 heavy (non-hydrogen) atoms. The Kier molecular flexibility index (Phi) is 5.76. The molecule has 1 unspecified atom stereocenters. The van der Waals surface area contributed by atoms with Crippen LogP contribution in [0.3, 0.4) is 0 Å². The molecule has 0 radical (unpaired) electrons. The summed E-state index contributed by atoms with van der Waals surface area (Å²) >= 11 is 0. The van der Waals surface area contributed by atoms with E-state index in [2.05, 4.69) is 0 Å². The number of allylic oxidation sites excluding steroid dienone is 1. The highest BCUT2D eigenvalue weighted by molar-refractivity contribution is 7.48. The van der Waals surface area contributed by atoms with Gasteiger partial charge in [0.15, 0.2) is 12.4 Å². The lowest BCUT2D eigenvalue weighted by Crippen LogP contribution is -2.39. The second kappa shape index (κ2) is 7.59. The van der Waals surface area contributed by atoms with Gasteiger partial charge in [-0.05, 0) is 19.4 Å². The fraction of sp³-hybridized carbons (Fsp3) is 0.429. The van der Waals surface area contributed by atoms with Crippen molar-refractivity contribution < 1.29 is 32.2 Å². The molecule has 1 saturated heterocycles. The number of nitrogens with two attached hydrogens (primary N) is 1. The molecular formula is C14H20N2O6P+. The van der Waals surface area contributed by atoms with Gasteiger partial charge in [-0.2, -0.15) is 4.57 Å². The van der Waals surface area contributed by atoms with Crippen molar-refractivity contribution in [2.24, 2.45) is 5.73 Å². The van der Waals surface area contributed by atoms with Crippen molar-refractivity contribution in [1.29, 1.82) is 0 Å². The predicted molar refractivity (Wildman–Crippen MR) is 79.9 cm³/mol. The minimum absolute atomic E-state index is 0.331. The van der Waals surface area contributed by atoms with Crippen LogP contribution in [0, 0.1) is 0 Å². The number of primary amides is 1. The molecule has 2 N–H and O–H groups in total. The fourth-order valence-electron chi connectivity index (χ4n) is 1.87. The van der Waals surface area contributed by atoms with Crippen molar-refractivity contribution in [2.45, 2.75) is 26.5 Å². The number of ether oxygens (including phenoxy) is 1. The van der Waals surface area contributed by atoms with E-state index in [0.29, 0.717) is 31.0 Å². The second-order valence-corrected chi connectivity index (χ2v) is 6.54. The second-order valence-electron chi connectivity index (χ2n) is 4.92. The summed E-state index contributed by atoms with van der Waals surface area (Å²) in [5, 5.41) is 0. The van der Waals surface area contributed by atoms with Crippen LogP contribution in [0.2, 0.25) is 0 Å². The summed E-state index contributed by atoms with van der Waals surface area (Å²) in [4.78, 5) is 11.2. The molecule has 0 saturated carbocycles. The first kappa shape index (κ1) is 17.5. The highest BCUT2D eigenvalue weighted by Crippen LogP contribution is 2.52. The molecule has 2 heterocycles. The van der Waals surface area contributed by atoms with E-state index in [-0.39, 0.29) is 0 Å². The van der Waals surface area contributed by atoms with Crippen molar-refractivity contribution in [3.05, 3.63) is 42.1 Å². The third-order valence-electron chi connectivity index (χ3n) is 3.02. The molecule has 1 fully saturated rings. The summed E-state index contributed by atoms with van der Waals surface area (Å²) in [6.45, 7) is 4.08. The highest BCUT2D eigenvalue weighted by atomic mass is 31.2. The Balaban J connectivity index is 1.97. The van der Waals surface area contributed by atoms with Gasteiger partial charge in [-0.15, -0.1) is 0 Å². The molecule has 1 aliphatic rings. The van der Waals surface area contributed by atoms with Gasteiger partial charge in [0, 0.05) is 13.0 Å². The molecule has 0 spiro atoms. The van der Waals surface area contributed by atoms with Crippen LogP contribution in [0.15, 0.2) is 36.5 Å². The summed E-state index contributed by atoms with van der Waals surface area (Å²) in [7, 11) is -3.53. The van der Waals surface area contributed by atoms with Crippen molar-refractivity contribution in [3.63, 3.8) is 0 Å². The number of rotatable bonds is 6. The summed E-state index contributed by atoms with van der Waals surface area (Å²) in [6, 6.07) is 3.30. The third-order valence-corrected chi connectivity index (χ3v) is 4.38. The number of amides is 1. The molecule has 0 aliphatic carbocycles. The topological polar surface area (TPSA) is 101 Å². The summed E-state index contributed by atoms with van der Waals surface area (Å²) in [5.41, 5.74) is 5.62. The van der Waals surface area contributed by atoms with Crippen LogP contribution in [0.1, 0.15) is 36.9 Å². The van der Waals surface area contributed by atoms with E-state index in [4.69, 9.17) is 24.0 Å². The fourth-order valence-corrected chi connectivity index (χ4v) is 3.05. The van der Waals surface area contributed by atoms with Gasteiger partial charge in [0.2, 0.25) is 0 Å². The lowest BCUT2D eigenvalue weighted by Gasteiger charge is -2.21. The number of hydrogen-bond donors (Lipinski definition) is 1. The number of nitrogens with zero attached hydrogens (tertiary/aromatic N) is 1. The van der Waals surface area contributed by atoms with E-state index in [1.54, 1.807) is 42.9 Å². The van der Waals surface area contributed by atoms with Crippen LogP contribution in [-0.2, 0) is 22.9 Å². The van der Waals surface area contributed by atoms with Crippen LogP contribution >= 0.6 is 7.82 Å². The molecule has 0 bridgehead atoms. The van der Waals surface area contributed by atoms with E-state index in [9.17, 15) is 9.36 Å². The first-order valence-corrected chi connectivity index (χ1v) is 8.57. The van der Waals surface area contributed by atoms with Gasteiger partial charge in [0.25, 0.3) is 12.1 Å². The van der Waals surface area contributed by atoms with Crippen LogP contribution in [0.5, 0.6) is 0 Å². The molecular weight excluding hydrogens is 323 g/mol. The Morgan fingerprint density at radius 3 is 2.83 bits per heavy atom. The number of hydrogen-bond acceptors (Lipinski definition) is 6. The standard InChI is InChI=1S/C14H19N2O6P/c1-11(10-21-23(18)19-7-4-8-20-23)22-12(2)16-6-3-5-13(9-16)14(15)17/h3,5-6,9-10,12H,4,7-8H2,1-2H3,(H-,15,17)/p+1/b11-10+. The van der Waals surface area contributed by atoms with Crippen LogP contribution < -0.4 is 10.3 Å². The summed E-state index contributed by atoms with van der Waals surface area (Å²) < 4.78 is 34.4. The van der Waals surface area contributed by atoms with E-state index in [1.807, 2.05) is 0 Å². The molecule has 1 aromatic heterocycles. The summed E-state index contributed by atoms with van der Waals surface area (Å²) in [6.07, 6.45) is 4.76. The largest absolute Gasteiger partial charge is 0.529 e. The third kappa shape index (κ3) is 5.06. The van der Waals surface area contributed by atoms with E-state index in [1.165, 1.54) is 6.26 Å². The molecule has 126 valence electrons. The normalized spacial score (nSPS) is 19.0. The minimum Gasteiger partial charge on any atom is -0.435 e. The number of phosphoric acid groups is 1. The maximum absolute atomic E-state index is 12.0. The first-order valence-electron chi connectivity index (χ1n) is 7.11. The van der Waals surface area contributed by atoms with Crippen molar-refractivity contribution in [2.75, 3.05) is 13.2 Å². The van der Waals surface area contributed by atoms with Gasteiger partial charge in [-0.25, -0.2) is 4.57 Å². The quantitative estimate of drug-likeness (QED) is 0.482. The maximum atomic E-state index is 12.0. The smallest absolute Gasteiger partial charge is 0.435 e. The highest BCUT2D eigenvalue weighted by Gasteiger charge is 2.30. The zero-order chi connectivity index (χ0) is 16.9. The Bertz CT molecular complexity index is 638. The number of carbonyl (C=O) groups excluding carboxylic acids is 1. The molecule has 1 atom stereocenters. The van der Waals surface area contributed by atoms with Gasteiger partial charge in [0.05, 0.1) is 13.2 Å². The Morgan fingerprint density at radius 1 is 1.48 bits per heavy atom. The van der Waals surface area contributed by atoms with Gasteiger partial charge in [-0.1, -0.05) is 0 Å². The Hall–Kier alpha value is -1.89. The molecule has 1 aliphatic heterocycles. The van der Waals surface area contributed by atoms with Gasteiger partial charge < -0.3 is 15.0 Å². The van der Waals surface area contributed by atoms with Gasteiger partial charge >= 0.3 is 7.82 Å². The molecule has 9 heteroatoms. The van der Waals surface area contributed by atoms with Crippen molar-refractivity contribution in [1.82, 2.24) is 0 Å².